The Morgan fingerprint density at radius 3 is 2.05 bits per heavy atom. The quantitative estimate of drug-likeness (QED) is 0.153. The summed E-state index contributed by atoms with van der Waals surface area (Å²) in [5.41, 5.74) is 15.2. The van der Waals surface area contributed by atoms with Crippen LogP contribution in [0.15, 0.2) is 130 Å². The molecular weight excluding hydrogens is 697 g/mol. The molecular formula is C42H41HfN. The van der Waals surface area contributed by atoms with Gasteiger partial charge in [0.05, 0.1) is 0 Å². The van der Waals surface area contributed by atoms with Crippen molar-refractivity contribution < 1.29 is 22.9 Å². The first-order chi connectivity index (χ1) is 21.7. The Hall–Kier alpha value is -3.49. The molecule has 218 valence electrons. The van der Waals surface area contributed by atoms with Crippen LogP contribution in [0.25, 0.3) is 22.7 Å². The van der Waals surface area contributed by atoms with E-state index in [9.17, 15) is 0 Å². The van der Waals surface area contributed by atoms with Gasteiger partial charge in [-0.25, -0.2) is 0 Å². The van der Waals surface area contributed by atoms with E-state index in [-0.39, 0.29) is 0 Å². The van der Waals surface area contributed by atoms with Gasteiger partial charge in [0.1, 0.15) is 0 Å². The van der Waals surface area contributed by atoms with E-state index in [4.69, 9.17) is 0 Å². The zero-order chi connectivity index (χ0) is 29.9. The molecule has 1 heterocycles. The summed E-state index contributed by atoms with van der Waals surface area (Å²) in [5, 5.41) is 1.49. The fourth-order valence-electron chi connectivity index (χ4n) is 7.16. The first kappa shape index (κ1) is 29.2. The van der Waals surface area contributed by atoms with Gasteiger partial charge in [-0.3, -0.25) is 0 Å². The molecule has 0 N–H and O–H groups in total. The Morgan fingerprint density at radius 1 is 0.705 bits per heavy atom. The number of hydrogen-bond acceptors (Lipinski definition) is 0. The minimum absolute atomic E-state index is 0.632. The maximum Gasteiger partial charge on any atom is -0.0238 e. The van der Waals surface area contributed by atoms with Gasteiger partial charge in [0.2, 0.25) is 0 Å². The largest absolute Gasteiger partial charge is 0.0622 e. The zero-order valence-corrected chi connectivity index (χ0v) is 29.6. The fraction of sp³-hybridized carbons (Fsp3) is 0.238. The second-order valence-electron chi connectivity index (χ2n) is 12.4. The normalized spacial score (nSPS) is 17.0. The smallest absolute Gasteiger partial charge is 0.0238 e. The molecule has 0 saturated carbocycles. The van der Waals surface area contributed by atoms with Crippen LogP contribution in [0, 0.1) is 0 Å². The number of para-hydroxylation sites is 1. The summed E-state index contributed by atoms with van der Waals surface area (Å²) in [5.74, 6) is 0. The molecule has 1 nitrogen and oxygen atoms in total. The van der Waals surface area contributed by atoms with Crippen LogP contribution >= 0.6 is 0 Å². The molecule has 0 amide bonds. The number of aryl methyl sites for hydroxylation is 3. The maximum atomic E-state index is 2.70. The van der Waals surface area contributed by atoms with E-state index in [0.29, 0.717) is 3.67 Å². The van der Waals surface area contributed by atoms with Crippen LogP contribution in [0.2, 0.25) is 0 Å². The van der Waals surface area contributed by atoms with Crippen molar-refractivity contribution in [2.75, 3.05) is 0 Å². The van der Waals surface area contributed by atoms with Crippen LogP contribution in [-0.2, 0) is 48.6 Å². The Morgan fingerprint density at radius 2 is 1.34 bits per heavy atom. The third-order valence-corrected chi connectivity index (χ3v) is 16.3. The van der Waals surface area contributed by atoms with Gasteiger partial charge in [-0.2, -0.15) is 0 Å². The number of benzene rings is 4. The Kier molecular flexibility index (Phi) is 8.80. The van der Waals surface area contributed by atoms with Crippen molar-refractivity contribution in [2.24, 2.45) is 0 Å². The van der Waals surface area contributed by atoms with Crippen LogP contribution in [0.4, 0.5) is 0 Å². The fourth-order valence-corrected chi connectivity index (χ4v) is 13.5. The molecule has 1 atom stereocenters. The summed E-state index contributed by atoms with van der Waals surface area (Å²) in [7, 11) is 0. The average molecular weight is 738 g/mol. The minimum Gasteiger partial charge on any atom is -0.0622 e. The molecule has 3 aliphatic rings. The van der Waals surface area contributed by atoms with Gasteiger partial charge in [-0.1, -0.05) is 60.7 Å². The van der Waals surface area contributed by atoms with E-state index >= 15 is 0 Å². The SMILES string of the molecule is CC1=CC[C]([Hf][CH]2C(n3c4c(c5ccccc53)CCCC4)=Cc3ccccc32)=C1C.c1ccc(CCc2ccccc2)cc1. The summed E-state index contributed by atoms with van der Waals surface area (Å²) in [6.07, 6.45) is 13.6. The van der Waals surface area contributed by atoms with E-state index in [1.165, 1.54) is 65.3 Å². The molecule has 0 aliphatic heterocycles. The maximum absolute atomic E-state index is 2.70. The second kappa shape index (κ2) is 13.2. The predicted molar refractivity (Wildman–Crippen MR) is 183 cm³/mol. The Bertz CT molecular complexity index is 1830. The molecule has 2 heteroatoms. The van der Waals surface area contributed by atoms with Crippen LogP contribution in [0.3, 0.4) is 0 Å². The van der Waals surface area contributed by atoms with Crippen molar-refractivity contribution in [1.82, 2.24) is 4.57 Å². The van der Waals surface area contributed by atoms with Crippen LogP contribution < -0.4 is 0 Å². The first-order valence-electron chi connectivity index (χ1n) is 16.3. The number of fused-ring (bicyclic) bond motifs is 4. The van der Waals surface area contributed by atoms with E-state index in [2.05, 4.69) is 140 Å². The van der Waals surface area contributed by atoms with Crippen LogP contribution in [0.1, 0.15) is 70.3 Å². The van der Waals surface area contributed by atoms with E-state index in [1.54, 1.807) is 28.1 Å². The topological polar surface area (TPSA) is 4.93 Å². The van der Waals surface area contributed by atoms with E-state index in [1.807, 2.05) is 3.33 Å². The van der Waals surface area contributed by atoms with Gasteiger partial charge in [0.15, 0.2) is 0 Å². The van der Waals surface area contributed by atoms with Gasteiger partial charge in [-0.15, -0.1) is 0 Å². The number of hydrogen-bond donors (Lipinski definition) is 0. The summed E-state index contributed by atoms with van der Waals surface area (Å²) in [4.78, 5) is 0. The van der Waals surface area contributed by atoms with Gasteiger partial charge < -0.3 is 0 Å². The van der Waals surface area contributed by atoms with Crippen molar-refractivity contribution in [3.05, 3.63) is 163 Å². The number of aromatic nitrogens is 1. The van der Waals surface area contributed by atoms with Crippen LogP contribution in [-0.4, -0.2) is 4.57 Å². The molecule has 0 radical (unpaired) electrons. The number of nitrogens with zero attached hydrogens (tertiary/aromatic N) is 1. The molecule has 0 fully saturated rings. The summed E-state index contributed by atoms with van der Waals surface area (Å²) in [6.45, 7) is 4.65. The monoisotopic (exact) mass is 739 g/mol. The molecule has 4 aromatic carbocycles. The average Bonchev–Trinajstić information content (AvgIpc) is 3.72. The molecule has 1 unspecified atom stereocenters. The third-order valence-electron chi connectivity index (χ3n) is 9.71. The van der Waals surface area contributed by atoms with Crippen molar-refractivity contribution in [2.45, 2.75) is 62.5 Å². The van der Waals surface area contributed by atoms with Gasteiger partial charge in [0.25, 0.3) is 0 Å². The molecule has 0 spiro atoms. The third kappa shape index (κ3) is 5.94. The molecule has 1 aromatic heterocycles. The van der Waals surface area contributed by atoms with E-state index < -0.39 is 22.9 Å². The molecule has 3 aliphatic carbocycles. The van der Waals surface area contributed by atoms with E-state index in [0.717, 1.165) is 12.8 Å². The molecule has 0 saturated heterocycles. The summed E-state index contributed by atoms with van der Waals surface area (Å²) < 4.78 is 5.14. The van der Waals surface area contributed by atoms with Crippen LogP contribution in [0.5, 0.6) is 0 Å². The Balaban J connectivity index is 0.000000187. The molecule has 0 bridgehead atoms. The predicted octanol–water partition coefficient (Wildman–Crippen LogP) is 10.8. The first-order valence-corrected chi connectivity index (χ1v) is 20.2. The second-order valence-corrected chi connectivity index (χ2v) is 17.7. The van der Waals surface area contributed by atoms with Gasteiger partial charge in [0, 0.05) is 0 Å². The van der Waals surface area contributed by atoms with Gasteiger partial charge in [-0.05, 0) is 24.0 Å². The van der Waals surface area contributed by atoms with Crippen molar-refractivity contribution in [1.29, 1.82) is 0 Å². The van der Waals surface area contributed by atoms with Gasteiger partial charge >= 0.3 is 191 Å². The summed E-state index contributed by atoms with van der Waals surface area (Å²) in [6, 6.07) is 39.6. The molecule has 44 heavy (non-hydrogen) atoms. The number of rotatable bonds is 6. The Labute approximate surface area is 274 Å². The zero-order valence-electron chi connectivity index (χ0n) is 26.0. The standard InChI is InChI=1S/C21H18N.C14H14.C7H9.Hf/c1-2-8-16-14-17(13-15(16)7-1)22-20-11-5-3-9-18(20)19-10-4-6-12-21(19)22;1-3-7-13(8-4-1)11-12-14-9-5-2-6-10-14;1-6-4-3-5-7(6)2;/h1-3,5,7-9,11,13-14H,4,6,10,12H2;1-10H,11-12H2;4H,3H2,1-2H3;. The summed E-state index contributed by atoms with van der Waals surface area (Å²) >= 11 is -1.08. The van der Waals surface area contributed by atoms with Crippen molar-refractivity contribution >= 4 is 22.7 Å². The molecule has 5 aromatic rings. The van der Waals surface area contributed by atoms with Crippen molar-refractivity contribution in [3.63, 3.8) is 0 Å². The number of allylic oxidation sites excluding steroid dienone is 5. The molecule has 8 rings (SSSR count). The minimum atomic E-state index is -1.08. The van der Waals surface area contributed by atoms with Crippen molar-refractivity contribution in [3.8, 4) is 0 Å².